The van der Waals surface area contributed by atoms with Crippen LogP contribution in [0.3, 0.4) is 0 Å². The van der Waals surface area contributed by atoms with Gasteiger partial charge in [-0.3, -0.25) is 33.3 Å². The van der Waals surface area contributed by atoms with Crippen molar-refractivity contribution in [2.75, 3.05) is 32.9 Å². The summed E-state index contributed by atoms with van der Waals surface area (Å²) in [6, 6.07) is -4.49. The van der Waals surface area contributed by atoms with E-state index >= 15 is 0 Å². The first-order chi connectivity index (χ1) is 40.0. The molecule has 1 aliphatic heterocycles. The molecule has 24 nitrogen and oxygen atoms in total. The maximum Gasteiger partial charge on any atom is 0.326 e. The summed E-state index contributed by atoms with van der Waals surface area (Å²) in [7, 11) is -3.27. The van der Waals surface area contributed by atoms with E-state index in [9.17, 15) is 58.6 Å². The van der Waals surface area contributed by atoms with Crippen molar-refractivity contribution in [2.24, 2.45) is 17.2 Å². The first kappa shape index (κ1) is 78.2. The Hall–Kier alpha value is -3.84. The fraction of sp³-hybridized carbons (Fsp3) is 0.881. The summed E-state index contributed by atoms with van der Waals surface area (Å²) in [6.45, 7) is 7.35. The van der Waals surface area contributed by atoms with Gasteiger partial charge in [-0.05, 0) is 40.0 Å². The van der Waals surface area contributed by atoms with Gasteiger partial charge in [0.2, 0.25) is 23.6 Å². The lowest BCUT2D eigenvalue weighted by atomic mass is 9.89. The number of carbonyl (C=O) groups is 7. The monoisotopic (exact) mass is 1220 g/mol. The number of carbonyl (C=O) groups excluding carboxylic acids is 6. The number of nitrogens with two attached hydrogens (primary N) is 3. The number of carboxylic acid groups (broad SMARTS) is 1. The molecule has 4 amide bonds. The predicted octanol–water partition coefficient (Wildman–Crippen LogP) is 6.27. The number of rotatable bonds is 52. The summed E-state index contributed by atoms with van der Waals surface area (Å²) in [4.78, 5) is 94.2. The summed E-state index contributed by atoms with van der Waals surface area (Å²) < 4.78 is 46.6. The third kappa shape index (κ3) is 33.3. The molecule has 0 saturated carbocycles. The standard InChI is InChI=1S/C59H111N6O18P/c1-7-9-11-13-15-17-19-21-23-25-27-29-31-33-49(69)81-47(41-79-84(77)78-38-37-60)54(83-50(70)34-32-30-28-26-24-22-20-18-16-14-12-10-8-2)59(6,62)58(76)64-45(55(61)72)35-36-48(68)65(43(4)56(73)74)39-42(3)80-53-51(63-44(5)67)57(75)82-46(40-66)52(53)71/h42-43,45-47,51-54,57,66,71,75,84H,7-41,60,62H2,1-6H3,(H2,61,72)(H,63,67)(H,64,76)(H,73,74)/t42?,43-,45+,46+,47-,51+,52+,53+,54?,57-,59+/m0/s1. The van der Waals surface area contributed by atoms with E-state index in [0.29, 0.717) is 19.3 Å². The molecule has 0 aromatic rings. The number of nitrogens with one attached hydrogen (secondary N) is 2. The van der Waals surface area contributed by atoms with Crippen molar-refractivity contribution in [3.05, 3.63) is 0 Å². The van der Waals surface area contributed by atoms with Crippen LogP contribution in [0.4, 0.5) is 0 Å². The molecule has 0 spiro atoms. The summed E-state index contributed by atoms with van der Waals surface area (Å²) in [5, 5.41) is 46.2. The SMILES string of the molecule is CCCCCCCCCCCCCCCC(=O)OC([C@H](CO[PH](=O)OCCN)OC(=O)CCCCCCCCCCCCCCC)[C@@](C)(N)C(=O)N[C@H](CCC(=O)N(CC(C)O[C@H]1[C@H](O)[C@@H](CO)O[C@H](O)[C@@H]1NC(C)=O)[C@@H](C)C(=O)O)C(N)=O. The lowest BCUT2D eigenvalue weighted by Gasteiger charge is -2.43. The van der Waals surface area contributed by atoms with Crippen LogP contribution < -0.4 is 27.8 Å². The number of aliphatic hydroxyl groups excluding tert-OH is 3. The first-order valence-corrected chi connectivity index (χ1v) is 32.6. The van der Waals surface area contributed by atoms with Crippen LogP contribution in [-0.2, 0) is 66.1 Å². The molecule has 0 aromatic heterocycles. The molecule has 0 aliphatic carbocycles. The van der Waals surface area contributed by atoms with E-state index < -0.39 is 149 Å². The molecule has 3 unspecified atom stereocenters. The topological polar surface area (TPSA) is 378 Å². The Morgan fingerprint density at radius 1 is 0.714 bits per heavy atom. The molecule has 1 heterocycles. The molecule has 25 heteroatoms. The highest BCUT2D eigenvalue weighted by Crippen LogP contribution is 2.29. The van der Waals surface area contributed by atoms with E-state index in [1.807, 2.05) is 0 Å². The lowest BCUT2D eigenvalue weighted by Crippen LogP contribution is -2.66. The Balaban J connectivity index is 3.36. The van der Waals surface area contributed by atoms with E-state index in [4.69, 9.17) is 45.2 Å². The molecule has 0 radical (unpaired) electrons. The largest absolute Gasteiger partial charge is 0.480 e. The van der Waals surface area contributed by atoms with Crippen LogP contribution in [-0.4, -0.2) is 166 Å². The minimum Gasteiger partial charge on any atom is -0.480 e. The second kappa shape index (κ2) is 46.3. The van der Waals surface area contributed by atoms with Crippen molar-refractivity contribution in [3.63, 3.8) is 0 Å². The molecule has 490 valence electrons. The van der Waals surface area contributed by atoms with E-state index in [-0.39, 0.29) is 26.0 Å². The highest BCUT2D eigenvalue weighted by molar-refractivity contribution is 7.33. The summed E-state index contributed by atoms with van der Waals surface area (Å²) in [5.74, 6) is -6.70. The normalized spacial score (nSPS) is 19.9. The smallest absolute Gasteiger partial charge is 0.326 e. The van der Waals surface area contributed by atoms with Crippen molar-refractivity contribution < 1.29 is 86.5 Å². The fourth-order valence-electron chi connectivity index (χ4n) is 10.1. The molecule has 1 aliphatic rings. The van der Waals surface area contributed by atoms with Crippen LogP contribution in [0.25, 0.3) is 0 Å². The number of unbranched alkanes of at least 4 members (excludes halogenated alkanes) is 24. The number of ether oxygens (including phenoxy) is 4. The molecule has 12 N–H and O–H groups in total. The van der Waals surface area contributed by atoms with Crippen LogP contribution in [0.5, 0.6) is 0 Å². The zero-order valence-corrected chi connectivity index (χ0v) is 52.7. The number of aliphatic hydroxyl groups is 3. The number of carboxylic acids is 1. The molecule has 1 saturated heterocycles. The van der Waals surface area contributed by atoms with Gasteiger partial charge in [-0.2, -0.15) is 0 Å². The van der Waals surface area contributed by atoms with Gasteiger partial charge < -0.3 is 81.2 Å². The Bertz CT molecular complexity index is 1890. The molecule has 12 atom stereocenters. The van der Waals surface area contributed by atoms with Crippen LogP contribution in [0.1, 0.15) is 234 Å². The number of hydrogen-bond acceptors (Lipinski definition) is 19. The highest BCUT2D eigenvalue weighted by Gasteiger charge is 2.49. The van der Waals surface area contributed by atoms with E-state index in [1.165, 1.54) is 111 Å². The van der Waals surface area contributed by atoms with Crippen molar-refractivity contribution in [3.8, 4) is 0 Å². The number of amides is 4. The third-order valence-corrected chi connectivity index (χ3v) is 16.0. The minimum absolute atomic E-state index is 0.00983. The number of hydrogen-bond donors (Lipinski definition) is 9. The van der Waals surface area contributed by atoms with Crippen molar-refractivity contribution >= 4 is 49.8 Å². The van der Waals surface area contributed by atoms with Gasteiger partial charge in [0.05, 0.1) is 25.9 Å². The quantitative estimate of drug-likeness (QED) is 0.0184. The minimum atomic E-state index is -3.27. The van der Waals surface area contributed by atoms with E-state index in [0.717, 1.165) is 69.6 Å². The lowest BCUT2D eigenvalue weighted by molar-refractivity contribution is -0.268. The number of aliphatic carboxylic acids is 1. The highest BCUT2D eigenvalue weighted by atomic mass is 31.1. The van der Waals surface area contributed by atoms with Gasteiger partial charge in [-0.25, -0.2) is 4.79 Å². The van der Waals surface area contributed by atoms with Crippen LogP contribution in [0.15, 0.2) is 0 Å². The van der Waals surface area contributed by atoms with Gasteiger partial charge in [0.25, 0.3) is 0 Å². The molecule has 0 bridgehead atoms. The number of esters is 2. The summed E-state index contributed by atoms with van der Waals surface area (Å²) in [5.41, 5.74) is 15.8. The summed E-state index contributed by atoms with van der Waals surface area (Å²) >= 11 is 0. The second-order valence-electron chi connectivity index (χ2n) is 22.8. The van der Waals surface area contributed by atoms with Crippen LogP contribution >= 0.6 is 8.25 Å². The Morgan fingerprint density at radius 2 is 1.18 bits per heavy atom. The van der Waals surface area contributed by atoms with Gasteiger partial charge in [0, 0.05) is 39.3 Å². The van der Waals surface area contributed by atoms with E-state index in [2.05, 4.69) is 24.5 Å². The number of primary amides is 1. The van der Waals surface area contributed by atoms with Gasteiger partial charge in [0.15, 0.2) is 18.5 Å². The zero-order valence-electron chi connectivity index (χ0n) is 51.7. The van der Waals surface area contributed by atoms with Gasteiger partial charge >= 0.3 is 26.2 Å². The predicted molar refractivity (Wildman–Crippen MR) is 318 cm³/mol. The Labute approximate surface area is 501 Å². The molecule has 1 rings (SSSR count). The molecular formula is C59H111N6O18P. The average Bonchev–Trinajstić information content (AvgIpc) is 3.59. The third-order valence-electron chi connectivity index (χ3n) is 15.2. The molecule has 0 aromatic carbocycles. The van der Waals surface area contributed by atoms with Crippen LogP contribution in [0, 0.1) is 0 Å². The Morgan fingerprint density at radius 3 is 1.61 bits per heavy atom. The summed E-state index contributed by atoms with van der Waals surface area (Å²) in [6.07, 6.45) is 16.1. The maximum absolute atomic E-state index is 14.5. The zero-order chi connectivity index (χ0) is 62.9. The van der Waals surface area contributed by atoms with Crippen LogP contribution in [0.2, 0.25) is 0 Å². The van der Waals surface area contributed by atoms with E-state index in [1.54, 1.807) is 0 Å². The molecule has 84 heavy (non-hydrogen) atoms. The first-order valence-electron chi connectivity index (χ1n) is 31.4. The fourth-order valence-corrected chi connectivity index (χ4v) is 10.7. The Kier molecular flexibility index (Phi) is 43.1. The molecule has 1 fully saturated rings. The second-order valence-corrected chi connectivity index (χ2v) is 23.9. The van der Waals surface area contributed by atoms with Gasteiger partial charge in [-0.15, -0.1) is 0 Å². The average molecular weight is 1220 g/mol. The van der Waals surface area contributed by atoms with Crippen molar-refractivity contribution in [1.29, 1.82) is 0 Å². The van der Waals surface area contributed by atoms with Gasteiger partial charge in [-0.1, -0.05) is 168 Å². The number of nitrogens with zero attached hydrogens (tertiary/aromatic N) is 1. The molecular weight excluding hydrogens is 1110 g/mol. The maximum atomic E-state index is 14.5. The van der Waals surface area contributed by atoms with Crippen molar-refractivity contribution in [1.82, 2.24) is 15.5 Å². The van der Waals surface area contributed by atoms with Gasteiger partial charge in [0.1, 0.15) is 42.0 Å². The van der Waals surface area contributed by atoms with Crippen molar-refractivity contribution in [2.45, 2.75) is 301 Å².